The summed E-state index contributed by atoms with van der Waals surface area (Å²) in [4.78, 5) is 32.9. The molecule has 0 saturated carbocycles. The Bertz CT molecular complexity index is 1110. The zero-order chi connectivity index (χ0) is 19.3. The fraction of sp³-hybridized carbons (Fsp3) is 0. The number of aromatic amines is 1. The predicted octanol–water partition coefficient (Wildman–Crippen LogP) is 2.96. The molecule has 1 aromatic carbocycles. The molecule has 4 rings (SSSR count). The first-order chi connectivity index (χ1) is 13.7. The van der Waals surface area contributed by atoms with Gasteiger partial charge in [0.1, 0.15) is 5.69 Å². The molecule has 2 amide bonds. The average molecular weight is 374 g/mol. The smallest absolute Gasteiger partial charge is 0.291 e. The summed E-state index contributed by atoms with van der Waals surface area (Å²) < 4.78 is 5.05. The van der Waals surface area contributed by atoms with Crippen molar-refractivity contribution in [3.63, 3.8) is 0 Å². The van der Waals surface area contributed by atoms with Gasteiger partial charge in [-0.15, -0.1) is 5.10 Å². The lowest BCUT2D eigenvalue weighted by atomic mass is 10.2. The Hall–Kier alpha value is -4.27. The third-order valence-corrected chi connectivity index (χ3v) is 3.75. The highest BCUT2D eigenvalue weighted by Crippen LogP contribution is 2.15. The van der Waals surface area contributed by atoms with Crippen LogP contribution >= 0.6 is 0 Å². The van der Waals surface area contributed by atoms with E-state index in [4.69, 9.17) is 4.42 Å². The number of furan rings is 1. The second-order valence-corrected chi connectivity index (χ2v) is 5.69. The van der Waals surface area contributed by atoms with Crippen molar-refractivity contribution in [1.82, 2.24) is 20.2 Å². The summed E-state index contributed by atoms with van der Waals surface area (Å²) in [5, 5.41) is 12.0. The van der Waals surface area contributed by atoms with Crippen LogP contribution < -0.4 is 10.6 Å². The molecule has 3 aromatic heterocycles. The molecular weight excluding hydrogens is 360 g/mol. The lowest BCUT2D eigenvalue weighted by molar-refractivity contribution is 0.0993. The van der Waals surface area contributed by atoms with Crippen LogP contribution in [0.4, 0.5) is 11.6 Å². The van der Waals surface area contributed by atoms with Gasteiger partial charge < -0.3 is 9.73 Å². The van der Waals surface area contributed by atoms with E-state index < -0.39 is 11.8 Å². The largest absolute Gasteiger partial charge is 0.459 e. The number of carbonyl (C=O) groups excluding carboxylic acids is 2. The lowest BCUT2D eigenvalue weighted by Gasteiger charge is -2.06. The highest BCUT2D eigenvalue weighted by atomic mass is 16.3. The summed E-state index contributed by atoms with van der Waals surface area (Å²) >= 11 is 0. The van der Waals surface area contributed by atoms with Crippen molar-refractivity contribution in [2.24, 2.45) is 0 Å². The number of benzene rings is 1. The minimum atomic E-state index is -0.416. The van der Waals surface area contributed by atoms with Gasteiger partial charge in [-0.25, -0.2) is 0 Å². The Balaban J connectivity index is 1.45. The number of nitrogens with one attached hydrogen (secondary N) is 3. The second kappa shape index (κ2) is 7.54. The summed E-state index contributed by atoms with van der Waals surface area (Å²) in [5.74, 6) is -0.0825. The van der Waals surface area contributed by atoms with Gasteiger partial charge >= 0.3 is 0 Å². The van der Waals surface area contributed by atoms with Crippen molar-refractivity contribution in [2.45, 2.75) is 0 Å². The molecule has 138 valence electrons. The van der Waals surface area contributed by atoms with Crippen LogP contribution in [-0.2, 0) is 0 Å². The average Bonchev–Trinajstić information content (AvgIpc) is 3.41. The van der Waals surface area contributed by atoms with Gasteiger partial charge in [-0.1, -0.05) is 12.1 Å². The number of carbonyl (C=O) groups is 2. The van der Waals surface area contributed by atoms with Gasteiger partial charge in [0.2, 0.25) is 5.95 Å². The van der Waals surface area contributed by atoms with Gasteiger partial charge in [-0.3, -0.25) is 25.0 Å². The maximum Gasteiger partial charge on any atom is 0.291 e. The number of aromatic nitrogens is 4. The summed E-state index contributed by atoms with van der Waals surface area (Å²) in [6, 6.07) is 15.0. The van der Waals surface area contributed by atoms with Gasteiger partial charge in [0.05, 0.1) is 6.26 Å². The van der Waals surface area contributed by atoms with Crippen molar-refractivity contribution in [3.05, 3.63) is 78.4 Å². The number of hydrogen-bond donors (Lipinski definition) is 3. The minimum Gasteiger partial charge on any atom is -0.459 e. The van der Waals surface area contributed by atoms with Crippen LogP contribution in [-0.4, -0.2) is 32.0 Å². The maximum absolute atomic E-state index is 12.5. The van der Waals surface area contributed by atoms with Crippen molar-refractivity contribution in [2.75, 3.05) is 10.6 Å². The van der Waals surface area contributed by atoms with E-state index in [2.05, 4.69) is 30.8 Å². The molecule has 0 aliphatic rings. The van der Waals surface area contributed by atoms with Crippen LogP contribution in [0.3, 0.4) is 0 Å². The fourth-order valence-electron chi connectivity index (χ4n) is 2.45. The van der Waals surface area contributed by atoms with E-state index in [1.807, 2.05) is 6.07 Å². The van der Waals surface area contributed by atoms with Gasteiger partial charge in [0.25, 0.3) is 11.8 Å². The molecule has 0 unspecified atom stereocenters. The topological polar surface area (TPSA) is 126 Å². The van der Waals surface area contributed by atoms with Gasteiger partial charge in [-0.2, -0.15) is 4.98 Å². The van der Waals surface area contributed by atoms with Crippen LogP contribution in [0.1, 0.15) is 20.9 Å². The molecule has 9 heteroatoms. The van der Waals surface area contributed by atoms with E-state index in [1.165, 1.54) is 6.26 Å². The first-order valence-corrected chi connectivity index (χ1v) is 8.29. The first-order valence-electron chi connectivity index (χ1n) is 8.29. The summed E-state index contributed by atoms with van der Waals surface area (Å²) in [5.41, 5.74) is 1.40. The maximum atomic E-state index is 12.5. The van der Waals surface area contributed by atoms with E-state index in [0.29, 0.717) is 22.8 Å². The van der Waals surface area contributed by atoms with Crippen LogP contribution in [0.5, 0.6) is 0 Å². The molecule has 9 nitrogen and oxygen atoms in total. The molecule has 0 aliphatic heterocycles. The third kappa shape index (κ3) is 3.78. The minimum absolute atomic E-state index is 0.121. The zero-order valence-corrected chi connectivity index (χ0v) is 14.4. The van der Waals surface area contributed by atoms with Crippen molar-refractivity contribution in [3.8, 4) is 11.5 Å². The number of hydrogen-bond acceptors (Lipinski definition) is 6. The van der Waals surface area contributed by atoms with Crippen LogP contribution in [0.25, 0.3) is 11.5 Å². The molecule has 3 N–H and O–H groups in total. The Morgan fingerprint density at radius 1 is 0.964 bits per heavy atom. The molecule has 4 aromatic rings. The van der Waals surface area contributed by atoms with E-state index in [1.54, 1.807) is 54.7 Å². The van der Waals surface area contributed by atoms with E-state index in [-0.39, 0.29) is 11.7 Å². The normalized spacial score (nSPS) is 10.4. The summed E-state index contributed by atoms with van der Waals surface area (Å²) in [6.07, 6.45) is 3.05. The van der Waals surface area contributed by atoms with Crippen LogP contribution in [0.15, 0.2) is 71.5 Å². The molecule has 3 heterocycles. The van der Waals surface area contributed by atoms with E-state index in [0.717, 1.165) is 0 Å². The molecule has 0 spiro atoms. The van der Waals surface area contributed by atoms with Crippen molar-refractivity contribution < 1.29 is 14.0 Å². The number of pyridine rings is 1. The summed E-state index contributed by atoms with van der Waals surface area (Å²) in [7, 11) is 0. The molecular formula is C19H14N6O3. The number of anilines is 2. The quantitative estimate of drug-likeness (QED) is 0.493. The molecule has 0 atom stereocenters. The predicted molar refractivity (Wildman–Crippen MR) is 101 cm³/mol. The highest BCUT2D eigenvalue weighted by molar-refractivity contribution is 6.06. The third-order valence-electron chi connectivity index (χ3n) is 3.75. The Kier molecular flexibility index (Phi) is 4.62. The molecule has 0 radical (unpaired) electrons. The number of rotatable bonds is 5. The van der Waals surface area contributed by atoms with E-state index in [9.17, 15) is 9.59 Å². The molecule has 0 bridgehead atoms. The van der Waals surface area contributed by atoms with Crippen LogP contribution in [0, 0.1) is 0 Å². The Morgan fingerprint density at radius 2 is 1.89 bits per heavy atom. The van der Waals surface area contributed by atoms with Gasteiger partial charge in [-0.05, 0) is 42.5 Å². The SMILES string of the molecule is O=C(Nc1n[nH]c(-c2ccccn2)n1)c1cccc(NC(=O)c2ccco2)c1. The van der Waals surface area contributed by atoms with Crippen molar-refractivity contribution in [1.29, 1.82) is 0 Å². The van der Waals surface area contributed by atoms with E-state index >= 15 is 0 Å². The van der Waals surface area contributed by atoms with Crippen LogP contribution in [0.2, 0.25) is 0 Å². The number of amides is 2. The lowest BCUT2D eigenvalue weighted by Crippen LogP contribution is -2.15. The number of nitrogens with zero attached hydrogens (tertiary/aromatic N) is 3. The second-order valence-electron chi connectivity index (χ2n) is 5.69. The molecule has 0 saturated heterocycles. The van der Waals surface area contributed by atoms with Crippen molar-refractivity contribution >= 4 is 23.5 Å². The number of H-pyrrole nitrogens is 1. The Labute approximate surface area is 158 Å². The monoisotopic (exact) mass is 374 g/mol. The standard InChI is InChI=1S/C19H14N6O3/c26-17(23-19-22-16(24-25-19)14-7-1-2-9-20-14)12-5-3-6-13(11-12)21-18(27)15-8-4-10-28-15/h1-11H,(H,21,27)(H2,22,23,24,25,26). The molecule has 0 fully saturated rings. The highest BCUT2D eigenvalue weighted by Gasteiger charge is 2.13. The van der Waals surface area contributed by atoms with Gasteiger partial charge in [0.15, 0.2) is 11.6 Å². The fourth-order valence-corrected chi connectivity index (χ4v) is 2.45. The summed E-state index contributed by atoms with van der Waals surface area (Å²) in [6.45, 7) is 0. The zero-order valence-electron chi connectivity index (χ0n) is 14.4. The molecule has 0 aliphatic carbocycles. The molecule has 28 heavy (non-hydrogen) atoms. The van der Waals surface area contributed by atoms with Gasteiger partial charge in [0, 0.05) is 17.4 Å². The first kappa shape index (κ1) is 17.2. The Morgan fingerprint density at radius 3 is 2.68 bits per heavy atom.